The van der Waals surface area contributed by atoms with E-state index in [1.54, 1.807) is 0 Å². The lowest BCUT2D eigenvalue weighted by molar-refractivity contribution is 0.0885. The van der Waals surface area contributed by atoms with Crippen LogP contribution in [0.1, 0.15) is 37.8 Å². The van der Waals surface area contributed by atoms with E-state index < -0.39 is 0 Å². The number of benzene rings is 1. The summed E-state index contributed by atoms with van der Waals surface area (Å²) in [4.78, 5) is 2.43. The van der Waals surface area contributed by atoms with Gasteiger partial charge in [-0.15, -0.1) is 0 Å². The van der Waals surface area contributed by atoms with E-state index in [1.807, 2.05) is 18.2 Å². The Hall–Kier alpha value is -0.610. The number of halogens is 1. The number of hydrogen-bond acceptors (Lipinski definition) is 3. The minimum atomic E-state index is 0.0839. The van der Waals surface area contributed by atoms with Gasteiger partial charge in [0.2, 0.25) is 0 Å². The van der Waals surface area contributed by atoms with Crippen molar-refractivity contribution in [2.45, 2.75) is 38.3 Å². The molecule has 3 N–H and O–H groups in total. The van der Waals surface area contributed by atoms with Crippen LogP contribution in [-0.4, -0.2) is 35.7 Å². The van der Waals surface area contributed by atoms with Crippen molar-refractivity contribution >= 4 is 11.6 Å². The molecule has 3 nitrogen and oxygen atoms in total. The third-order valence-electron chi connectivity index (χ3n) is 4.40. The maximum atomic E-state index is 9.27. The van der Waals surface area contributed by atoms with Gasteiger partial charge < -0.3 is 10.8 Å². The minimum Gasteiger partial charge on any atom is -0.396 e. The van der Waals surface area contributed by atoms with E-state index >= 15 is 0 Å². The molecule has 112 valence electrons. The SMILES string of the molecule is CCC(N)C(c1ccccc1Cl)N1CCC(CO)CC1. The van der Waals surface area contributed by atoms with Gasteiger partial charge in [0, 0.05) is 17.7 Å². The highest BCUT2D eigenvalue weighted by molar-refractivity contribution is 6.31. The van der Waals surface area contributed by atoms with Crippen LogP contribution < -0.4 is 5.73 Å². The van der Waals surface area contributed by atoms with Gasteiger partial charge in [-0.2, -0.15) is 0 Å². The molecule has 1 aliphatic rings. The van der Waals surface area contributed by atoms with Gasteiger partial charge in [-0.3, -0.25) is 4.90 Å². The van der Waals surface area contributed by atoms with Crippen LogP contribution in [0, 0.1) is 5.92 Å². The monoisotopic (exact) mass is 296 g/mol. The zero-order valence-corrected chi connectivity index (χ0v) is 12.9. The number of nitrogens with two attached hydrogens (primary N) is 1. The molecule has 2 atom stereocenters. The van der Waals surface area contributed by atoms with Crippen LogP contribution in [0.4, 0.5) is 0 Å². The van der Waals surface area contributed by atoms with Crippen molar-refractivity contribution in [3.63, 3.8) is 0 Å². The zero-order chi connectivity index (χ0) is 14.5. The molecule has 0 aliphatic carbocycles. The van der Waals surface area contributed by atoms with Gasteiger partial charge in [0.1, 0.15) is 0 Å². The molecular formula is C16H25ClN2O. The largest absolute Gasteiger partial charge is 0.396 e. The molecular weight excluding hydrogens is 272 g/mol. The number of hydrogen-bond donors (Lipinski definition) is 2. The van der Waals surface area contributed by atoms with Crippen molar-refractivity contribution in [3.8, 4) is 0 Å². The first kappa shape index (κ1) is 15.8. The molecule has 1 fully saturated rings. The van der Waals surface area contributed by atoms with E-state index in [4.69, 9.17) is 17.3 Å². The Kier molecular flexibility index (Phi) is 5.85. The topological polar surface area (TPSA) is 49.5 Å². The fourth-order valence-corrected chi connectivity index (χ4v) is 3.30. The van der Waals surface area contributed by atoms with Crippen LogP contribution >= 0.6 is 11.6 Å². The van der Waals surface area contributed by atoms with E-state index in [2.05, 4.69) is 17.9 Å². The Labute approximate surface area is 126 Å². The Morgan fingerprint density at radius 2 is 2.00 bits per heavy atom. The molecule has 0 bridgehead atoms. The van der Waals surface area contributed by atoms with Gasteiger partial charge in [-0.25, -0.2) is 0 Å². The molecule has 0 spiro atoms. The fourth-order valence-electron chi connectivity index (χ4n) is 3.05. The second kappa shape index (κ2) is 7.41. The molecule has 0 saturated carbocycles. The number of rotatable bonds is 5. The lowest BCUT2D eigenvalue weighted by atomic mass is 9.91. The highest BCUT2D eigenvalue weighted by Crippen LogP contribution is 2.33. The third kappa shape index (κ3) is 3.53. The van der Waals surface area contributed by atoms with Crippen molar-refractivity contribution in [2.24, 2.45) is 11.7 Å². The van der Waals surface area contributed by atoms with E-state index in [0.717, 1.165) is 42.9 Å². The summed E-state index contributed by atoms with van der Waals surface area (Å²) in [5.41, 5.74) is 7.50. The fraction of sp³-hybridized carbons (Fsp3) is 0.625. The number of aliphatic hydroxyl groups excluding tert-OH is 1. The minimum absolute atomic E-state index is 0.0839. The van der Waals surface area contributed by atoms with Gasteiger partial charge in [-0.1, -0.05) is 36.7 Å². The smallest absolute Gasteiger partial charge is 0.0513 e. The predicted octanol–water partition coefficient (Wildman–Crippen LogP) is 2.82. The Morgan fingerprint density at radius 1 is 1.35 bits per heavy atom. The van der Waals surface area contributed by atoms with Crippen LogP contribution in [0.2, 0.25) is 5.02 Å². The molecule has 1 heterocycles. The number of nitrogens with zero attached hydrogens (tertiary/aromatic N) is 1. The normalized spacial score (nSPS) is 20.8. The molecule has 4 heteroatoms. The summed E-state index contributed by atoms with van der Waals surface area (Å²) in [5.74, 6) is 0.441. The average molecular weight is 297 g/mol. The maximum absolute atomic E-state index is 9.27. The maximum Gasteiger partial charge on any atom is 0.0513 e. The molecule has 1 saturated heterocycles. The van der Waals surface area contributed by atoms with Gasteiger partial charge in [0.05, 0.1) is 6.04 Å². The first-order valence-electron chi connectivity index (χ1n) is 7.52. The second-order valence-electron chi connectivity index (χ2n) is 5.70. The molecule has 20 heavy (non-hydrogen) atoms. The van der Waals surface area contributed by atoms with E-state index in [1.165, 1.54) is 0 Å². The van der Waals surface area contributed by atoms with Gasteiger partial charge in [0.25, 0.3) is 0 Å². The van der Waals surface area contributed by atoms with Crippen molar-refractivity contribution in [1.82, 2.24) is 4.90 Å². The van der Waals surface area contributed by atoms with Crippen molar-refractivity contribution in [3.05, 3.63) is 34.9 Å². The molecule has 0 radical (unpaired) electrons. The summed E-state index contributed by atoms with van der Waals surface area (Å²) in [7, 11) is 0. The van der Waals surface area contributed by atoms with Crippen LogP contribution in [-0.2, 0) is 0 Å². The predicted molar refractivity (Wildman–Crippen MR) is 83.8 cm³/mol. The van der Waals surface area contributed by atoms with Crippen LogP contribution in [0.15, 0.2) is 24.3 Å². The Bertz CT molecular complexity index is 419. The molecule has 1 aromatic carbocycles. The summed E-state index contributed by atoms with van der Waals surface area (Å²) in [6.07, 6.45) is 3.00. The number of likely N-dealkylation sites (tertiary alicyclic amines) is 1. The van der Waals surface area contributed by atoms with E-state index in [9.17, 15) is 5.11 Å². The van der Waals surface area contributed by atoms with E-state index in [0.29, 0.717) is 12.5 Å². The summed E-state index contributed by atoms with van der Waals surface area (Å²) in [5, 5.41) is 10.1. The lowest BCUT2D eigenvalue weighted by Gasteiger charge is -2.40. The van der Waals surface area contributed by atoms with Crippen LogP contribution in [0.25, 0.3) is 0 Å². The second-order valence-corrected chi connectivity index (χ2v) is 6.11. The molecule has 1 aromatic rings. The highest BCUT2D eigenvalue weighted by Gasteiger charge is 2.30. The number of piperidine rings is 1. The molecule has 1 aliphatic heterocycles. The molecule has 2 rings (SSSR count). The molecule has 2 unspecified atom stereocenters. The molecule has 0 amide bonds. The van der Waals surface area contributed by atoms with Crippen LogP contribution in [0.5, 0.6) is 0 Å². The first-order valence-corrected chi connectivity index (χ1v) is 7.90. The number of aliphatic hydroxyl groups is 1. The van der Waals surface area contributed by atoms with E-state index in [-0.39, 0.29) is 12.1 Å². The quantitative estimate of drug-likeness (QED) is 0.878. The summed E-state index contributed by atoms with van der Waals surface area (Å²) < 4.78 is 0. The van der Waals surface area contributed by atoms with Gasteiger partial charge in [0.15, 0.2) is 0 Å². The Balaban J connectivity index is 2.19. The van der Waals surface area contributed by atoms with Gasteiger partial charge in [-0.05, 0) is 49.9 Å². The third-order valence-corrected chi connectivity index (χ3v) is 4.75. The van der Waals surface area contributed by atoms with Gasteiger partial charge >= 0.3 is 0 Å². The average Bonchev–Trinajstić information content (AvgIpc) is 2.50. The summed E-state index contributed by atoms with van der Waals surface area (Å²) in [6.45, 7) is 4.38. The summed E-state index contributed by atoms with van der Waals surface area (Å²) >= 11 is 6.37. The summed E-state index contributed by atoms with van der Waals surface area (Å²) in [6, 6.07) is 8.26. The highest BCUT2D eigenvalue weighted by atomic mass is 35.5. The van der Waals surface area contributed by atoms with Crippen molar-refractivity contribution in [1.29, 1.82) is 0 Å². The lowest BCUT2D eigenvalue weighted by Crippen LogP contribution is -2.45. The Morgan fingerprint density at radius 3 is 2.55 bits per heavy atom. The van der Waals surface area contributed by atoms with Crippen molar-refractivity contribution < 1.29 is 5.11 Å². The first-order chi connectivity index (χ1) is 9.67. The standard InChI is InChI=1S/C16H25ClN2O/c1-2-15(18)16(13-5-3-4-6-14(13)17)19-9-7-12(11-20)8-10-19/h3-6,12,15-16,20H,2,7-11,18H2,1H3. The molecule has 0 aromatic heterocycles. The van der Waals surface area contributed by atoms with Crippen LogP contribution in [0.3, 0.4) is 0 Å². The van der Waals surface area contributed by atoms with Crippen molar-refractivity contribution in [2.75, 3.05) is 19.7 Å². The zero-order valence-electron chi connectivity index (χ0n) is 12.1.